The average molecular weight is 390 g/mol. The van der Waals surface area contributed by atoms with E-state index in [0.29, 0.717) is 26.1 Å². The van der Waals surface area contributed by atoms with Gasteiger partial charge in [0.25, 0.3) is 5.91 Å². The van der Waals surface area contributed by atoms with Gasteiger partial charge in [-0.2, -0.15) is 13.2 Å². The number of ether oxygens (including phenoxy) is 1. The van der Waals surface area contributed by atoms with Gasteiger partial charge < -0.3 is 10.1 Å². The first-order chi connectivity index (χ1) is 13.4. The Hall–Kier alpha value is -2.38. The molecule has 3 atom stereocenters. The van der Waals surface area contributed by atoms with Gasteiger partial charge in [0, 0.05) is 25.2 Å². The van der Waals surface area contributed by atoms with Crippen molar-refractivity contribution in [2.75, 3.05) is 19.7 Å². The third kappa shape index (κ3) is 3.91. The Morgan fingerprint density at radius 3 is 2.50 bits per heavy atom. The smallest absolute Gasteiger partial charge is 0.371 e. The molecular weight excluding hydrogens is 369 g/mol. The lowest BCUT2D eigenvalue weighted by atomic mass is 10.1. The zero-order valence-corrected chi connectivity index (χ0v) is 15.2. The van der Waals surface area contributed by atoms with Crippen LogP contribution in [-0.4, -0.2) is 42.6 Å². The van der Waals surface area contributed by atoms with Gasteiger partial charge in [-0.1, -0.05) is 42.5 Å². The second kappa shape index (κ2) is 7.56. The highest BCUT2D eigenvalue weighted by Crippen LogP contribution is 2.33. The molecule has 0 bridgehead atoms. The van der Waals surface area contributed by atoms with Crippen LogP contribution in [-0.2, 0) is 10.9 Å². The molecule has 4 nitrogen and oxygen atoms in total. The normalized spacial score (nSPS) is 25.3. The first kappa shape index (κ1) is 19.0. The summed E-state index contributed by atoms with van der Waals surface area (Å²) < 4.78 is 45.5. The molecule has 0 unspecified atom stereocenters. The van der Waals surface area contributed by atoms with Crippen LogP contribution < -0.4 is 5.32 Å². The molecule has 0 spiro atoms. The van der Waals surface area contributed by atoms with Gasteiger partial charge in [0.15, 0.2) is 0 Å². The number of rotatable bonds is 3. The number of morpholine rings is 1. The minimum absolute atomic E-state index is 0.0298. The molecule has 2 aromatic carbocycles. The van der Waals surface area contributed by atoms with Crippen molar-refractivity contribution in [2.45, 2.75) is 30.8 Å². The van der Waals surface area contributed by atoms with Crippen LogP contribution >= 0.6 is 0 Å². The number of carbonyl (C=O) groups excluding carboxylic acids is 1. The molecule has 7 heteroatoms. The van der Waals surface area contributed by atoms with Gasteiger partial charge in [0.1, 0.15) is 0 Å². The van der Waals surface area contributed by atoms with E-state index in [2.05, 4.69) is 10.2 Å². The van der Waals surface area contributed by atoms with Crippen molar-refractivity contribution >= 4 is 5.91 Å². The summed E-state index contributed by atoms with van der Waals surface area (Å²) in [5.74, 6) is -0.682. The quantitative estimate of drug-likeness (QED) is 0.870. The van der Waals surface area contributed by atoms with E-state index >= 15 is 0 Å². The van der Waals surface area contributed by atoms with Crippen molar-refractivity contribution in [2.24, 2.45) is 0 Å². The fourth-order valence-electron chi connectivity index (χ4n) is 4.04. The first-order valence-corrected chi connectivity index (χ1v) is 9.29. The number of hydrogen-bond acceptors (Lipinski definition) is 3. The highest BCUT2D eigenvalue weighted by molar-refractivity contribution is 5.96. The van der Waals surface area contributed by atoms with Crippen molar-refractivity contribution in [1.29, 1.82) is 0 Å². The van der Waals surface area contributed by atoms with E-state index in [1.54, 1.807) is 0 Å². The van der Waals surface area contributed by atoms with Crippen LogP contribution in [0.15, 0.2) is 54.6 Å². The number of nitrogens with one attached hydrogen (secondary N) is 1. The summed E-state index contributed by atoms with van der Waals surface area (Å²) in [6, 6.07) is 14.8. The van der Waals surface area contributed by atoms with E-state index in [9.17, 15) is 18.0 Å². The number of amides is 1. The van der Waals surface area contributed by atoms with E-state index in [4.69, 9.17) is 4.74 Å². The predicted octanol–water partition coefficient (Wildman–Crippen LogP) is 3.65. The Bertz CT molecular complexity index is 841. The number of nitrogens with zero attached hydrogens (tertiary/aromatic N) is 1. The second-order valence-corrected chi connectivity index (χ2v) is 7.29. The van der Waals surface area contributed by atoms with Crippen molar-refractivity contribution < 1.29 is 22.7 Å². The standard InChI is InChI=1S/C21H21F3N2O2/c22-21(23,24)18-9-5-4-8-17(18)20(27)25-15-10-16-13-28-19(12-26(16)11-15)14-6-2-1-3-7-14/h1-9,15-16,19H,10-13H2,(H,25,27)/t15-,16+,19-/m1/s1. The summed E-state index contributed by atoms with van der Waals surface area (Å²) in [5.41, 5.74) is -0.137. The van der Waals surface area contributed by atoms with Gasteiger partial charge in [0.05, 0.1) is 23.8 Å². The van der Waals surface area contributed by atoms with Crippen LogP contribution in [0.1, 0.15) is 34.0 Å². The summed E-state index contributed by atoms with van der Waals surface area (Å²) in [6.07, 6.45) is -3.92. The number of benzene rings is 2. The monoisotopic (exact) mass is 390 g/mol. The summed E-state index contributed by atoms with van der Waals surface area (Å²) in [7, 11) is 0. The minimum atomic E-state index is -4.56. The molecule has 1 amide bonds. The highest BCUT2D eigenvalue weighted by atomic mass is 19.4. The SMILES string of the molecule is O=C(N[C@@H]1C[C@H]2CO[C@@H](c3ccccc3)CN2C1)c1ccccc1C(F)(F)F. The second-order valence-electron chi connectivity index (χ2n) is 7.29. The average Bonchev–Trinajstić information content (AvgIpc) is 3.09. The van der Waals surface area contributed by atoms with Gasteiger partial charge in [-0.3, -0.25) is 9.69 Å². The van der Waals surface area contributed by atoms with Gasteiger partial charge in [-0.15, -0.1) is 0 Å². The Kier molecular flexibility index (Phi) is 5.12. The van der Waals surface area contributed by atoms with E-state index in [1.165, 1.54) is 18.2 Å². The molecule has 4 rings (SSSR count). The number of hydrogen-bond donors (Lipinski definition) is 1. The van der Waals surface area contributed by atoms with Gasteiger partial charge in [-0.25, -0.2) is 0 Å². The maximum Gasteiger partial charge on any atom is 0.417 e. The Balaban J connectivity index is 1.41. The topological polar surface area (TPSA) is 41.6 Å². The predicted molar refractivity (Wildman–Crippen MR) is 97.8 cm³/mol. The molecule has 1 N–H and O–H groups in total. The Morgan fingerprint density at radius 1 is 1.04 bits per heavy atom. The largest absolute Gasteiger partial charge is 0.417 e. The number of halogens is 3. The molecular formula is C21H21F3N2O2. The minimum Gasteiger partial charge on any atom is -0.371 e. The van der Waals surface area contributed by atoms with Crippen molar-refractivity contribution in [3.8, 4) is 0 Å². The van der Waals surface area contributed by atoms with Crippen LogP contribution in [0.3, 0.4) is 0 Å². The van der Waals surface area contributed by atoms with Gasteiger partial charge in [0.2, 0.25) is 0 Å². The zero-order valence-electron chi connectivity index (χ0n) is 15.2. The number of alkyl halides is 3. The maximum atomic E-state index is 13.2. The molecule has 0 radical (unpaired) electrons. The Labute approximate surface area is 161 Å². The molecule has 2 aromatic rings. The first-order valence-electron chi connectivity index (χ1n) is 9.29. The molecule has 28 heavy (non-hydrogen) atoms. The molecule has 148 valence electrons. The molecule has 2 aliphatic rings. The van der Waals surface area contributed by atoms with Crippen LogP contribution in [0.5, 0.6) is 0 Å². The fourth-order valence-corrected chi connectivity index (χ4v) is 4.04. The van der Waals surface area contributed by atoms with Gasteiger partial charge in [-0.05, 0) is 24.1 Å². The molecule has 2 heterocycles. The summed E-state index contributed by atoms with van der Waals surface area (Å²) in [4.78, 5) is 14.8. The van der Waals surface area contributed by atoms with E-state index in [1.807, 2.05) is 30.3 Å². The fraction of sp³-hybridized carbons (Fsp3) is 0.381. The lowest BCUT2D eigenvalue weighted by molar-refractivity contribution is -0.137. The summed E-state index contributed by atoms with van der Waals surface area (Å²) in [5, 5.41) is 2.78. The van der Waals surface area contributed by atoms with Crippen molar-refractivity contribution in [3.63, 3.8) is 0 Å². The molecule has 0 aliphatic carbocycles. The molecule has 2 saturated heterocycles. The van der Waals surface area contributed by atoms with Crippen LogP contribution in [0.4, 0.5) is 13.2 Å². The van der Waals surface area contributed by atoms with Crippen molar-refractivity contribution in [1.82, 2.24) is 10.2 Å². The van der Waals surface area contributed by atoms with Crippen LogP contribution in [0.2, 0.25) is 0 Å². The van der Waals surface area contributed by atoms with Crippen LogP contribution in [0, 0.1) is 0 Å². The number of carbonyl (C=O) groups is 1. The van der Waals surface area contributed by atoms with E-state index in [0.717, 1.165) is 11.6 Å². The van der Waals surface area contributed by atoms with Crippen molar-refractivity contribution in [3.05, 3.63) is 71.3 Å². The van der Waals surface area contributed by atoms with E-state index in [-0.39, 0.29) is 23.8 Å². The molecule has 0 saturated carbocycles. The third-order valence-electron chi connectivity index (χ3n) is 5.40. The molecule has 2 aliphatic heterocycles. The molecule has 2 fully saturated rings. The summed E-state index contributed by atoms with van der Waals surface area (Å²) >= 11 is 0. The molecule has 0 aromatic heterocycles. The number of fused-ring (bicyclic) bond motifs is 1. The third-order valence-corrected chi connectivity index (χ3v) is 5.40. The van der Waals surface area contributed by atoms with Gasteiger partial charge >= 0.3 is 6.18 Å². The zero-order chi connectivity index (χ0) is 19.7. The lowest BCUT2D eigenvalue weighted by Gasteiger charge is -2.35. The van der Waals surface area contributed by atoms with E-state index < -0.39 is 17.6 Å². The highest BCUT2D eigenvalue weighted by Gasteiger charge is 2.39. The van der Waals surface area contributed by atoms with Crippen LogP contribution in [0.25, 0.3) is 0 Å². The summed E-state index contributed by atoms with van der Waals surface area (Å²) in [6.45, 7) is 1.86. The lowest BCUT2D eigenvalue weighted by Crippen LogP contribution is -2.43. The maximum absolute atomic E-state index is 13.2. The Morgan fingerprint density at radius 2 is 1.75 bits per heavy atom.